The molecule has 1 heterocycles. The summed E-state index contributed by atoms with van der Waals surface area (Å²) < 4.78 is 15.9. The minimum Gasteiger partial charge on any atom is -0.493 e. The van der Waals surface area contributed by atoms with Gasteiger partial charge in [0.05, 0.1) is 31.1 Å². The maximum Gasteiger partial charge on any atom is 0.133 e. The van der Waals surface area contributed by atoms with Crippen LogP contribution in [-0.4, -0.2) is 44.4 Å². The maximum absolute atomic E-state index is 7.60. The predicted octanol–water partition coefficient (Wildman–Crippen LogP) is 1.41. The van der Waals surface area contributed by atoms with Crippen molar-refractivity contribution in [2.45, 2.75) is 20.3 Å². The molecule has 0 radical (unpaired) electrons. The lowest BCUT2D eigenvalue weighted by Gasteiger charge is -2.13. The Morgan fingerprint density at radius 2 is 2.00 bits per heavy atom. The van der Waals surface area contributed by atoms with Gasteiger partial charge in [0.1, 0.15) is 11.6 Å². The van der Waals surface area contributed by atoms with Crippen molar-refractivity contribution in [1.82, 2.24) is 4.98 Å². The molecule has 6 nitrogen and oxygen atoms in total. The second kappa shape index (κ2) is 8.50. The summed E-state index contributed by atoms with van der Waals surface area (Å²) in [5, 5.41) is 7.60. The van der Waals surface area contributed by atoms with E-state index in [4.69, 9.17) is 25.4 Å². The van der Waals surface area contributed by atoms with Crippen molar-refractivity contribution < 1.29 is 14.2 Å². The fourth-order valence-electron chi connectivity index (χ4n) is 1.82. The molecule has 0 saturated heterocycles. The minimum absolute atomic E-state index is 0.0265. The minimum atomic E-state index is -0.0265. The Morgan fingerprint density at radius 1 is 1.25 bits per heavy atom. The third-order valence-electron chi connectivity index (χ3n) is 2.68. The van der Waals surface area contributed by atoms with Gasteiger partial charge in [0.15, 0.2) is 0 Å². The molecule has 0 bridgehead atoms. The van der Waals surface area contributed by atoms with Crippen LogP contribution in [0.3, 0.4) is 0 Å². The second-order valence-corrected chi connectivity index (χ2v) is 4.44. The number of hydrogen-bond acceptors (Lipinski definition) is 5. The largest absolute Gasteiger partial charge is 0.493 e. The molecule has 0 aromatic carbocycles. The van der Waals surface area contributed by atoms with Gasteiger partial charge in [-0.05, 0) is 13.8 Å². The van der Waals surface area contributed by atoms with Gasteiger partial charge >= 0.3 is 0 Å². The summed E-state index contributed by atoms with van der Waals surface area (Å²) in [6, 6.07) is 1.80. The molecule has 0 spiro atoms. The first-order chi connectivity index (χ1) is 9.56. The van der Waals surface area contributed by atoms with E-state index < -0.39 is 0 Å². The van der Waals surface area contributed by atoms with E-state index in [2.05, 4.69) is 4.98 Å². The van der Waals surface area contributed by atoms with Gasteiger partial charge in [-0.2, -0.15) is 0 Å². The van der Waals surface area contributed by atoms with Gasteiger partial charge < -0.3 is 19.9 Å². The van der Waals surface area contributed by atoms with Crippen molar-refractivity contribution in [1.29, 1.82) is 5.41 Å². The third kappa shape index (κ3) is 5.14. The summed E-state index contributed by atoms with van der Waals surface area (Å²) in [6.45, 7) is 6.01. The summed E-state index contributed by atoms with van der Waals surface area (Å²) in [5.41, 5.74) is 7.70. The molecule has 0 aliphatic rings. The van der Waals surface area contributed by atoms with Crippen molar-refractivity contribution in [3.05, 3.63) is 23.0 Å². The van der Waals surface area contributed by atoms with E-state index in [1.54, 1.807) is 13.2 Å². The zero-order valence-electron chi connectivity index (χ0n) is 12.4. The molecular formula is C14H23N3O3. The van der Waals surface area contributed by atoms with Crippen LogP contribution in [0.1, 0.15) is 23.4 Å². The molecule has 0 aliphatic heterocycles. The number of rotatable bonds is 9. The van der Waals surface area contributed by atoms with Crippen LogP contribution in [-0.2, 0) is 9.47 Å². The second-order valence-electron chi connectivity index (χ2n) is 4.44. The number of amidine groups is 1. The Bertz CT molecular complexity index is 450. The molecule has 0 amide bonds. The molecule has 0 unspecified atom stereocenters. The lowest BCUT2D eigenvalue weighted by molar-refractivity contribution is 0.0644. The molecule has 0 aliphatic carbocycles. The number of hydrogen-bond donors (Lipinski definition) is 2. The number of nitrogen functional groups attached to an aromatic ring is 1. The molecule has 20 heavy (non-hydrogen) atoms. The fraction of sp³-hybridized carbons (Fsp3) is 0.571. The van der Waals surface area contributed by atoms with Gasteiger partial charge in [0.2, 0.25) is 0 Å². The SMILES string of the molecule is COCCOCCCOc1cc(C)nc(C)c1C(=N)N. The first kappa shape index (κ1) is 16.4. The topological polar surface area (TPSA) is 90.5 Å². The van der Waals surface area contributed by atoms with Gasteiger partial charge in [-0.3, -0.25) is 10.4 Å². The molecule has 1 aromatic rings. The van der Waals surface area contributed by atoms with E-state index in [0.717, 1.165) is 12.1 Å². The molecule has 6 heteroatoms. The van der Waals surface area contributed by atoms with E-state index in [0.29, 0.717) is 43.4 Å². The average molecular weight is 281 g/mol. The van der Waals surface area contributed by atoms with Crippen LogP contribution >= 0.6 is 0 Å². The summed E-state index contributed by atoms with van der Waals surface area (Å²) in [5.74, 6) is 0.584. The van der Waals surface area contributed by atoms with Crippen LogP contribution in [0.15, 0.2) is 6.07 Å². The number of pyridine rings is 1. The van der Waals surface area contributed by atoms with Crippen molar-refractivity contribution in [2.75, 3.05) is 33.5 Å². The van der Waals surface area contributed by atoms with E-state index in [1.165, 1.54) is 0 Å². The van der Waals surface area contributed by atoms with Crippen LogP contribution in [0, 0.1) is 19.3 Å². The number of nitrogens with zero attached hydrogens (tertiary/aromatic N) is 1. The highest BCUT2D eigenvalue weighted by atomic mass is 16.5. The van der Waals surface area contributed by atoms with Gasteiger partial charge in [0, 0.05) is 31.9 Å². The molecule has 0 fully saturated rings. The maximum atomic E-state index is 7.60. The monoisotopic (exact) mass is 281 g/mol. The van der Waals surface area contributed by atoms with E-state index in [-0.39, 0.29) is 5.84 Å². The van der Waals surface area contributed by atoms with Crippen molar-refractivity contribution in [3.63, 3.8) is 0 Å². The number of methoxy groups -OCH3 is 1. The standard InChI is InChI=1S/C14H23N3O3/c1-10-9-12(13(14(15)16)11(2)17-10)20-6-4-5-19-8-7-18-3/h9H,4-8H2,1-3H3,(H3,15,16). The summed E-state index contributed by atoms with van der Waals surface area (Å²) in [6.07, 6.45) is 0.765. The van der Waals surface area contributed by atoms with E-state index in [1.807, 2.05) is 13.8 Å². The Kier molecular flexibility index (Phi) is 6.97. The van der Waals surface area contributed by atoms with E-state index >= 15 is 0 Å². The normalized spacial score (nSPS) is 10.6. The lowest BCUT2D eigenvalue weighted by Crippen LogP contribution is -2.17. The molecule has 112 valence electrons. The molecule has 0 atom stereocenters. The number of nitrogens with one attached hydrogen (secondary N) is 1. The molecule has 3 N–H and O–H groups in total. The highest BCUT2D eigenvalue weighted by Crippen LogP contribution is 2.21. The predicted molar refractivity (Wildman–Crippen MR) is 77.5 cm³/mol. The van der Waals surface area contributed by atoms with Crippen LogP contribution in [0.2, 0.25) is 0 Å². The fourth-order valence-corrected chi connectivity index (χ4v) is 1.82. The van der Waals surface area contributed by atoms with Gasteiger partial charge in [-0.25, -0.2) is 0 Å². The van der Waals surface area contributed by atoms with Gasteiger partial charge in [-0.1, -0.05) is 0 Å². The zero-order chi connectivity index (χ0) is 15.0. The first-order valence-corrected chi connectivity index (χ1v) is 6.58. The highest BCUT2D eigenvalue weighted by Gasteiger charge is 2.12. The van der Waals surface area contributed by atoms with Crippen LogP contribution in [0.5, 0.6) is 5.75 Å². The van der Waals surface area contributed by atoms with Crippen LogP contribution in [0.25, 0.3) is 0 Å². The zero-order valence-corrected chi connectivity index (χ0v) is 12.4. The smallest absolute Gasteiger partial charge is 0.133 e. The summed E-state index contributed by atoms with van der Waals surface area (Å²) in [7, 11) is 1.64. The Morgan fingerprint density at radius 3 is 2.65 bits per heavy atom. The molecule has 1 rings (SSSR count). The Labute approximate surface area is 119 Å². The lowest BCUT2D eigenvalue weighted by atomic mass is 10.1. The number of aryl methyl sites for hydroxylation is 2. The average Bonchev–Trinajstić information content (AvgIpc) is 2.36. The molecular weight excluding hydrogens is 258 g/mol. The molecule has 0 saturated carbocycles. The quantitative estimate of drug-likeness (QED) is 0.406. The van der Waals surface area contributed by atoms with Crippen LogP contribution in [0.4, 0.5) is 0 Å². The van der Waals surface area contributed by atoms with E-state index in [9.17, 15) is 0 Å². The number of nitrogens with two attached hydrogens (primary N) is 1. The Balaban J connectivity index is 2.49. The summed E-state index contributed by atoms with van der Waals surface area (Å²) >= 11 is 0. The first-order valence-electron chi connectivity index (χ1n) is 6.58. The van der Waals surface area contributed by atoms with Crippen molar-refractivity contribution in [2.24, 2.45) is 5.73 Å². The van der Waals surface area contributed by atoms with Gasteiger partial charge in [0.25, 0.3) is 0 Å². The number of aromatic nitrogens is 1. The highest BCUT2D eigenvalue weighted by molar-refractivity contribution is 5.98. The van der Waals surface area contributed by atoms with Crippen molar-refractivity contribution in [3.8, 4) is 5.75 Å². The summed E-state index contributed by atoms with van der Waals surface area (Å²) in [4.78, 5) is 4.29. The van der Waals surface area contributed by atoms with Crippen LogP contribution < -0.4 is 10.5 Å². The number of ether oxygens (including phenoxy) is 3. The molecule has 1 aromatic heterocycles. The Hall–Kier alpha value is -1.66. The third-order valence-corrected chi connectivity index (χ3v) is 2.68. The van der Waals surface area contributed by atoms with Gasteiger partial charge in [-0.15, -0.1) is 0 Å². The van der Waals surface area contributed by atoms with Crippen molar-refractivity contribution >= 4 is 5.84 Å².